The number of amides is 1. The van der Waals surface area contributed by atoms with Crippen LogP contribution in [0.25, 0.3) is 5.69 Å². The maximum absolute atomic E-state index is 13.6. The summed E-state index contributed by atoms with van der Waals surface area (Å²) < 4.78 is 28.4. The fraction of sp³-hybridized carbons (Fsp3) is 0.474. The maximum atomic E-state index is 13.6. The van der Waals surface area contributed by atoms with Gasteiger partial charge in [0.15, 0.2) is 17.3 Å². The number of halogens is 2. The molecule has 1 aromatic carbocycles. The van der Waals surface area contributed by atoms with E-state index in [9.17, 15) is 13.6 Å². The molecule has 1 aliphatic carbocycles. The van der Waals surface area contributed by atoms with Crippen LogP contribution in [0.4, 0.5) is 8.78 Å². The predicted octanol–water partition coefficient (Wildman–Crippen LogP) is 2.89. The van der Waals surface area contributed by atoms with Crippen LogP contribution < -0.4 is 11.1 Å². The van der Waals surface area contributed by atoms with E-state index in [-0.39, 0.29) is 11.9 Å². The molecule has 1 unspecified atom stereocenters. The molecule has 1 heterocycles. The van der Waals surface area contributed by atoms with Crippen molar-refractivity contribution in [3.05, 3.63) is 46.8 Å². The molecule has 26 heavy (non-hydrogen) atoms. The summed E-state index contributed by atoms with van der Waals surface area (Å²) in [6.07, 6.45) is 5.27. The summed E-state index contributed by atoms with van der Waals surface area (Å²) in [5.74, 6) is -2.09. The van der Waals surface area contributed by atoms with Crippen LogP contribution in [0.15, 0.2) is 18.2 Å². The molecular formula is C19H24F2N4O. The molecule has 0 fully saturated rings. The highest BCUT2D eigenvalue weighted by Crippen LogP contribution is 2.28. The standard InChI is InChI=1S/C19H24F2N4O/c1-2-3-5-12(11-22)23-19(26)18-14-6-4-7-17(14)25(24-18)13-8-9-15(20)16(21)10-13/h8-10,12H,2-7,11,22H2,1H3,(H,23,26). The molecule has 0 aliphatic heterocycles. The Kier molecular flexibility index (Phi) is 5.66. The third-order valence-electron chi connectivity index (χ3n) is 4.82. The van der Waals surface area contributed by atoms with Gasteiger partial charge in [-0.25, -0.2) is 13.5 Å². The second-order valence-electron chi connectivity index (χ2n) is 6.69. The third-order valence-corrected chi connectivity index (χ3v) is 4.82. The van der Waals surface area contributed by atoms with Crippen LogP contribution in [-0.2, 0) is 12.8 Å². The van der Waals surface area contributed by atoms with Crippen LogP contribution in [0.5, 0.6) is 0 Å². The van der Waals surface area contributed by atoms with Crippen molar-refractivity contribution in [3.8, 4) is 5.69 Å². The van der Waals surface area contributed by atoms with Crippen molar-refractivity contribution in [2.24, 2.45) is 5.73 Å². The molecule has 0 saturated carbocycles. The number of benzene rings is 1. The van der Waals surface area contributed by atoms with Gasteiger partial charge in [-0.3, -0.25) is 4.79 Å². The van der Waals surface area contributed by atoms with E-state index in [1.54, 1.807) is 4.68 Å². The summed E-state index contributed by atoms with van der Waals surface area (Å²) in [6.45, 7) is 2.46. The van der Waals surface area contributed by atoms with E-state index < -0.39 is 11.6 Å². The van der Waals surface area contributed by atoms with E-state index in [2.05, 4.69) is 17.3 Å². The molecule has 1 amide bonds. The fourth-order valence-corrected chi connectivity index (χ4v) is 3.40. The number of nitrogens with zero attached hydrogens (tertiary/aromatic N) is 2. The second kappa shape index (κ2) is 7.95. The van der Waals surface area contributed by atoms with Gasteiger partial charge >= 0.3 is 0 Å². The van der Waals surface area contributed by atoms with E-state index >= 15 is 0 Å². The van der Waals surface area contributed by atoms with Crippen molar-refractivity contribution >= 4 is 5.91 Å². The third kappa shape index (κ3) is 3.62. The van der Waals surface area contributed by atoms with Gasteiger partial charge in [-0.2, -0.15) is 5.10 Å². The Balaban J connectivity index is 1.89. The summed E-state index contributed by atoms with van der Waals surface area (Å²) in [5.41, 5.74) is 8.32. The van der Waals surface area contributed by atoms with E-state index in [1.807, 2.05) is 0 Å². The maximum Gasteiger partial charge on any atom is 0.272 e. The van der Waals surface area contributed by atoms with Gasteiger partial charge in [0.2, 0.25) is 0 Å². The highest BCUT2D eigenvalue weighted by molar-refractivity contribution is 5.94. The molecule has 1 aromatic heterocycles. The Morgan fingerprint density at radius 2 is 2.15 bits per heavy atom. The van der Waals surface area contributed by atoms with Crippen molar-refractivity contribution in [1.29, 1.82) is 0 Å². The smallest absolute Gasteiger partial charge is 0.272 e. The second-order valence-corrected chi connectivity index (χ2v) is 6.69. The van der Waals surface area contributed by atoms with Crippen molar-refractivity contribution < 1.29 is 13.6 Å². The molecule has 0 saturated heterocycles. The lowest BCUT2D eigenvalue weighted by Crippen LogP contribution is -2.40. The lowest BCUT2D eigenvalue weighted by Gasteiger charge is -2.16. The molecule has 0 bridgehead atoms. The van der Waals surface area contributed by atoms with Crippen molar-refractivity contribution in [3.63, 3.8) is 0 Å². The van der Waals surface area contributed by atoms with Gasteiger partial charge in [-0.1, -0.05) is 19.8 Å². The van der Waals surface area contributed by atoms with Crippen LogP contribution in [0, 0.1) is 11.6 Å². The first-order chi connectivity index (χ1) is 12.5. The van der Waals surface area contributed by atoms with Crippen LogP contribution in [0.2, 0.25) is 0 Å². The number of carbonyl (C=O) groups is 1. The van der Waals surface area contributed by atoms with Crippen LogP contribution in [-0.4, -0.2) is 28.3 Å². The first-order valence-corrected chi connectivity index (χ1v) is 9.12. The molecule has 3 rings (SSSR count). The van der Waals surface area contributed by atoms with Gasteiger partial charge in [-0.05, 0) is 37.8 Å². The Morgan fingerprint density at radius 3 is 2.85 bits per heavy atom. The molecule has 1 aliphatic rings. The zero-order chi connectivity index (χ0) is 18.7. The molecule has 5 nitrogen and oxygen atoms in total. The zero-order valence-electron chi connectivity index (χ0n) is 14.9. The molecule has 1 atom stereocenters. The van der Waals surface area contributed by atoms with E-state index in [0.29, 0.717) is 17.9 Å². The Morgan fingerprint density at radius 1 is 1.35 bits per heavy atom. The Hall–Kier alpha value is -2.28. The summed E-state index contributed by atoms with van der Waals surface area (Å²) in [4.78, 5) is 12.7. The average Bonchev–Trinajstić information content (AvgIpc) is 3.23. The van der Waals surface area contributed by atoms with Gasteiger partial charge < -0.3 is 11.1 Å². The summed E-state index contributed by atoms with van der Waals surface area (Å²) in [7, 11) is 0. The minimum absolute atomic E-state index is 0.0899. The van der Waals surface area contributed by atoms with Gasteiger partial charge in [0, 0.05) is 29.9 Å². The van der Waals surface area contributed by atoms with Crippen LogP contribution >= 0.6 is 0 Å². The first-order valence-electron chi connectivity index (χ1n) is 9.12. The van der Waals surface area contributed by atoms with Gasteiger partial charge in [0.1, 0.15) is 0 Å². The Bertz CT molecular complexity index is 803. The first kappa shape index (κ1) is 18.5. The number of fused-ring (bicyclic) bond motifs is 1. The SMILES string of the molecule is CCCCC(CN)NC(=O)c1nn(-c2ccc(F)c(F)c2)c2c1CCC2. The molecular weight excluding hydrogens is 338 g/mol. The number of hydrogen-bond acceptors (Lipinski definition) is 3. The average molecular weight is 362 g/mol. The highest BCUT2D eigenvalue weighted by atomic mass is 19.2. The lowest BCUT2D eigenvalue weighted by atomic mass is 10.1. The predicted molar refractivity (Wildman–Crippen MR) is 95.3 cm³/mol. The zero-order valence-corrected chi connectivity index (χ0v) is 14.9. The fourth-order valence-electron chi connectivity index (χ4n) is 3.40. The summed E-state index contributed by atoms with van der Waals surface area (Å²) >= 11 is 0. The summed E-state index contributed by atoms with van der Waals surface area (Å²) in [6, 6.07) is 3.55. The molecule has 140 valence electrons. The number of carbonyl (C=O) groups excluding carboxylic acids is 1. The minimum Gasteiger partial charge on any atom is -0.347 e. The molecule has 2 aromatic rings. The number of aromatic nitrogens is 2. The Labute approximate surface area is 151 Å². The quantitative estimate of drug-likeness (QED) is 0.795. The van der Waals surface area contributed by atoms with Gasteiger partial charge in [0.05, 0.1) is 5.69 Å². The van der Waals surface area contributed by atoms with Gasteiger partial charge in [-0.15, -0.1) is 0 Å². The molecule has 0 radical (unpaired) electrons. The number of rotatable bonds is 7. The molecule has 3 N–H and O–H groups in total. The largest absolute Gasteiger partial charge is 0.347 e. The highest BCUT2D eigenvalue weighted by Gasteiger charge is 2.28. The number of nitrogens with one attached hydrogen (secondary N) is 1. The number of unbranched alkanes of at least 4 members (excludes halogenated alkanes) is 1. The minimum atomic E-state index is -0.932. The number of hydrogen-bond donors (Lipinski definition) is 2. The van der Waals surface area contributed by atoms with Crippen molar-refractivity contribution in [1.82, 2.24) is 15.1 Å². The van der Waals surface area contributed by atoms with E-state index in [0.717, 1.165) is 61.9 Å². The van der Waals surface area contributed by atoms with Crippen LogP contribution in [0.3, 0.4) is 0 Å². The van der Waals surface area contributed by atoms with E-state index in [1.165, 1.54) is 6.07 Å². The number of nitrogens with two attached hydrogens (primary N) is 1. The van der Waals surface area contributed by atoms with Crippen molar-refractivity contribution in [2.45, 2.75) is 51.5 Å². The molecule has 7 heteroatoms. The monoisotopic (exact) mass is 362 g/mol. The van der Waals surface area contributed by atoms with Crippen molar-refractivity contribution in [2.75, 3.05) is 6.54 Å². The molecule has 0 spiro atoms. The van der Waals surface area contributed by atoms with Gasteiger partial charge in [0.25, 0.3) is 5.91 Å². The van der Waals surface area contributed by atoms with Crippen LogP contribution in [0.1, 0.15) is 54.4 Å². The van der Waals surface area contributed by atoms with E-state index in [4.69, 9.17) is 5.73 Å². The summed E-state index contributed by atoms with van der Waals surface area (Å²) in [5, 5.41) is 7.37. The topological polar surface area (TPSA) is 72.9 Å². The normalized spacial score (nSPS) is 14.3. The lowest BCUT2D eigenvalue weighted by molar-refractivity contribution is 0.0929.